The Hall–Kier alpha value is -2.71. The number of anilines is 2. The summed E-state index contributed by atoms with van der Waals surface area (Å²) in [6.07, 6.45) is 4.12. The van der Waals surface area contributed by atoms with E-state index in [1.54, 1.807) is 18.3 Å². The molecule has 1 unspecified atom stereocenters. The number of amides is 1. The minimum atomic E-state index is -0.583. The van der Waals surface area contributed by atoms with E-state index in [2.05, 4.69) is 28.9 Å². The van der Waals surface area contributed by atoms with Crippen molar-refractivity contribution in [3.63, 3.8) is 0 Å². The average molecular weight is 443 g/mol. The average Bonchev–Trinajstić information content (AvgIpc) is 3.19. The molecular formula is C24H31FN4O3. The maximum Gasteiger partial charge on any atom is 0.414 e. The Labute approximate surface area is 188 Å². The molecule has 1 aromatic carbocycles. The molecule has 1 N–H and O–H groups in total. The molecule has 0 saturated carbocycles. The lowest BCUT2D eigenvalue weighted by Crippen LogP contribution is -2.35. The topological polar surface area (TPSA) is 69.1 Å². The quantitative estimate of drug-likeness (QED) is 0.709. The summed E-state index contributed by atoms with van der Waals surface area (Å²) in [6.45, 7) is 3.07. The highest BCUT2D eigenvalue weighted by molar-refractivity contribution is 5.90. The zero-order valence-electron chi connectivity index (χ0n) is 18.7. The second-order valence-electron chi connectivity index (χ2n) is 8.89. The molecule has 1 aromatic heterocycles. The Morgan fingerprint density at radius 2 is 2.00 bits per heavy atom. The molecule has 0 spiro atoms. The molecule has 0 radical (unpaired) electrons. The first kappa shape index (κ1) is 22.5. The Balaban J connectivity index is 1.40. The number of pyridine rings is 1. The maximum atomic E-state index is 14.9. The SMILES string of the molecule is CN(C)CCC1CCN(c2ccc(-c3ccc(N4CC(CO)OC4=O)cc3F)cn2)CC1. The van der Waals surface area contributed by atoms with Crippen LogP contribution in [0.4, 0.5) is 20.7 Å². The fourth-order valence-electron chi connectivity index (χ4n) is 4.36. The van der Waals surface area contributed by atoms with Gasteiger partial charge in [0, 0.05) is 30.4 Å². The second kappa shape index (κ2) is 9.83. The number of hydrogen-bond donors (Lipinski definition) is 1. The van der Waals surface area contributed by atoms with Crippen molar-refractivity contribution in [3.05, 3.63) is 42.3 Å². The van der Waals surface area contributed by atoms with Crippen LogP contribution < -0.4 is 9.80 Å². The Morgan fingerprint density at radius 3 is 2.59 bits per heavy atom. The fraction of sp³-hybridized carbons (Fsp3) is 0.500. The monoisotopic (exact) mass is 442 g/mol. The third kappa shape index (κ3) is 5.02. The lowest BCUT2D eigenvalue weighted by Gasteiger charge is -2.33. The van der Waals surface area contributed by atoms with Crippen molar-refractivity contribution in [1.29, 1.82) is 0 Å². The number of carbonyl (C=O) groups excluding carboxylic acids is 1. The van der Waals surface area contributed by atoms with Gasteiger partial charge in [-0.05, 0) is 76.2 Å². The minimum absolute atomic E-state index is 0.205. The molecule has 4 rings (SSSR count). The van der Waals surface area contributed by atoms with Gasteiger partial charge in [0.2, 0.25) is 0 Å². The van der Waals surface area contributed by atoms with Crippen molar-refractivity contribution in [2.24, 2.45) is 5.92 Å². The molecule has 1 atom stereocenters. The summed E-state index contributed by atoms with van der Waals surface area (Å²) in [7, 11) is 4.23. The van der Waals surface area contributed by atoms with Gasteiger partial charge in [0.1, 0.15) is 17.7 Å². The van der Waals surface area contributed by atoms with Gasteiger partial charge in [-0.1, -0.05) is 0 Å². The van der Waals surface area contributed by atoms with Gasteiger partial charge in [0.15, 0.2) is 0 Å². The first-order valence-corrected chi connectivity index (χ1v) is 11.2. The van der Waals surface area contributed by atoms with Crippen LogP contribution in [0.15, 0.2) is 36.5 Å². The standard InChI is InChI=1S/C24H31FN4O3/c1-27(2)10-7-17-8-11-28(12-9-17)23-6-3-18(14-26-23)21-5-4-19(13-22(21)25)29-15-20(16-30)32-24(29)31/h3-6,13-14,17,20,30H,7-12,15-16H2,1-2H3. The summed E-state index contributed by atoms with van der Waals surface area (Å²) < 4.78 is 19.9. The Kier molecular flexibility index (Phi) is 6.91. The Bertz CT molecular complexity index is 929. The number of hydrogen-bond acceptors (Lipinski definition) is 6. The normalized spacial score (nSPS) is 19.7. The summed E-state index contributed by atoms with van der Waals surface area (Å²) in [5, 5.41) is 9.18. The molecule has 7 nitrogen and oxygen atoms in total. The predicted molar refractivity (Wildman–Crippen MR) is 122 cm³/mol. The summed E-state index contributed by atoms with van der Waals surface area (Å²) in [6, 6.07) is 8.50. The van der Waals surface area contributed by atoms with E-state index in [4.69, 9.17) is 4.74 Å². The van der Waals surface area contributed by atoms with Gasteiger partial charge in [-0.3, -0.25) is 4.90 Å². The van der Waals surface area contributed by atoms with Gasteiger partial charge in [-0.2, -0.15) is 0 Å². The number of nitrogens with zero attached hydrogens (tertiary/aromatic N) is 4. The van der Waals surface area contributed by atoms with E-state index in [1.807, 2.05) is 12.1 Å². The van der Waals surface area contributed by atoms with Crippen LogP contribution in [0.25, 0.3) is 11.1 Å². The van der Waals surface area contributed by atoms with Crippen molar-refractivity contribution in [2.75, 3.05) is 56.7 Å². The molecule has 3 heterocycles. The van der Waals surface area contributed by atoms with Crippen LogP contribution in [-0.2, 0) is 4.74 Å². The highest BCUT2D eigenvalue weighted by Crippen LogP contribution is 2.30. The third-order valence-electron chi connectivity index (χ3n) is 6.32. The number of ether oxygens (including phenoxy) is 1. The number of carbonyl (C=O) groups is 1. The zero-order chi connectivity index (χ0) is 22.7. The van der Waals surface area contributed by atoms with Crippen LogP contribution >= 0.6 is 0 Å². The minimum Gasteiger partial charge on any atom is -0.441 e. The van der Waals surface area contributed by atoms with E-state index < -0.39 is 18.0 Å². The predicted octanol–water partition coefficient (Wildman–Crippen LogP) is 3.37. The number of aliphatic hydroxyl groups excluding tert-OH is 1. The van der Waals surface area contributed by atoms with Crippen molar-refractivity contribution >= 4 is 17.6 Å². The number of cyclic esters (lactones) is 1. The second-order valence-corrected chi connectivity index (χ2v) is 8.89. The first-order valence-electron chi connectivity index (χ1n) is 11.2. The lowest BCUT2D eigenvalue weighted by atomic mass is 9.93. The largest absolute Gasteiger partial charge is 0.441 e. The van der Waals surface area contributed by atoms with Gasteiger partial charge >= 0.3 is 6.09 Å². The summed E-state index contributed by atoms with van der Waals surface area (Å²) in [4.78, 5) is 22.4. The molecule has 172 valence electrons. The van der Waals surface area contributed by atoms with Crippen molar-refractivity contribution in [1.82, 2.24) is 9.88 Å². The van der Waals surface area contributed by atoms with Crippen LogP contribution in [-0.4, -0.2) is 74.1 Å². The number of aliphatic hydroxyl groups is 1. The molecule has 1 amide bonds. The van der Waals surface area contributed by atoms with Crippen molar-refractivity contribution < 1.29 is 19.0 Å². The highest BCUT2D eigenvalue weighted by atomic mass is 19.1. The molecule has 2 aliphatic heterocycles. The van der Waals surface area contributed by atoms with E-state index in [0.29, 0.717) is 16.8 Å². The van der Waals surface area contributed by atoms with E-state index >= 15 is 0 Å². The number of benzene rings is 1. The smallest absolute Gasteiger partial charge is 0.414 e. The van der Waals surface area contributed by atoms with E-state index in [-0.39, 0.29) is 13.2 Å². The van der Waals surface area contributed by atoms with Crippen LogP contribution in [0.1, 0.15) is 19.3 Å². The van der Waals surface area contributed by atoms with Crippen LogP contribution in [0, 0.1) is 11.7 Å². The van der Waals surface area contributed by atoms with Gasteiger partial charge in [-0.25, -0.2) is 14.2 Å². The third-order valence-corrected chi connectivity index (χ3v) is 6.32. The van der Waals surface area contributed by atoms with Crippen molar-refractivity contribution in [3.8, 4) is 11.1 Å². The lowest BCUT2D eigenvalue weighted by molar-refractivity contribution is 0.0963. The molecule has 0 bridgehead atoms. The number of piperidine rings is 1. The number of halogens is 1. The molecule has 2 aromatic rings. The first-order chi connectivity index (χ1) is 15.4. The zero-order valence-corrected chi connectivity index (χ0v) is 18.7. The molecule has 8 heteroatoms. The van der Waals surface area contributed by atoms with E-state index in [1.165, 1.54) is 30.2 Å². The van der Waals surface area contributed by atoms with Crippen molar-refractivity contribution in [2.45, 2.75) is 25.4 Å². The van der Waals surface area contributed by atoms with E-state index in [0.717, 1.165) is 31.4 Å². The summed E-state index contributed by atoms with van der Waals surface area (Å²) in [5.41, 5.74) is 1.53. The molecule has 32 heavy (non-hydrogen) atoms. The Morgan fingerprint density at radius 1 is 1.22 bits per heavy atom. The van der Waals surface area contributed by atoms with Gasteiger partial charge in [0.25, 0.3) is 0 Å². The van der Waals surface area contributed by atoms with E-state index in [9.17, 15) is 14.3 Å². The number of aromatic nitrogens is 1. The summed E-state index contributed by atoms with van der Waals surface area (Å²) >= 11 is 0. The molecule has 2 fully saturated rings. The van der Waals surface area contributed by atoms with Crippen LogP contribution in [0.5, 0.6) is 0 Å². The van der Waals surface area contributed by atoms with Gasteiger partial charge in [0.05, 0.1) is 18.8 Å². The van der Waals surface area contributed by atoms with Gasteiger partial charge in [-0.15, -0.1) is 0 Å². The number of rotatable bonds is 7. The molecule has 0 aliphatic carbocycles. The van der Waals surface area contributed by atoms with Crippen LogP contribution in [0.2, 0.25) is 0 Å². The molecular weight excluding hydrogens is 411 g/mol. The summed E-state index contributed by atoms with van der Waals surface area (Å²) in [5.74, 6) is 1.26. The van der Waals surface area contributed by atoms with Gasteiger partial charge < -0.3 is 19.6 Å². The maximum absolute atomic E-state index is 14.9. The van der Waals surface area contributed by atoms with Crippen LogP contribution in [0.3, 0.4) is 0 Å². The highest BCUT2D eigenvalue weighted by Gasteiger charge is 2.32. The fourth-order valence-corrected chi connectivity index (χ4v) is 4.36. The molecule has 2 aliphatic rings. The molecule has 2 saturated heterocycles.